The molecule has 1 amide bonds. The van der Waals surface area contributed by atoms with Crippen molar-refractivity contribution in [2.75, 3.05) is 12.1 Å². The van der Waals surface area contributed by atoms with Gasteiger partial charge in [-0.25, -0.2) is 0 Å². The van der Waals surface area contributed by atoms with Gasteiger partial charge in [-0.15, -0.1) is 0 Å². The number of amides is 1. The van der Waals surface area contributed by atoms with Crippen molar-refractivity contribution in [3.05, 3.63) is 66.2 Å². The minimum Gasteiger partial charge on any atom is -0.456 e. The molecule has 4 aromatic rings. The molecule has 0 saturated carbocycles. The molecule has 25 heavy (non-hydrogen) atoms. The lowest BCUT2D eigenvalue weighted by atomic mass is 10.1. The zero-order valence-electron chi connectivity index (χ0n) is 13.1. The normalized spacial score (nSPS) is 12.6. The Morgan fingerprint density at radius 1 is 0.840 bits per heavy atom. The highest BCUT2D eigenvalue weighted by molar-refractivity contribution is 6.09. The van der Waals surface area contributed by atoms with Gasteiger partial charge in [-0.2, -0.15) is 0 Å². The molecule has 0 fully saturated rings. The van der Waals surface area contributed by atoms with Gasteiger partial charge in [0.1, 0.15) is 11.2 Å². The first kappa shape index (κ1) is 13.9. The number of ether oxygens (including phenoxy) is 2. The number of anilines is 1. The predicted octanol–water partition coefficient (Wildman–Crippen LogP) is 4.57. The zero-order chi connectivity index (χ0) is 16.8. The van der Waals surface area contributed by atoms with Crippen molar-refractivity contribution in [2.45, 2.75) is 0 Å². The molecule has 0 unspecified atom stereocenters. The molecule has 5 heteroatoms. The topological polar surface area (TPSA) is 60.7 Å². The molecule has 5 nitrogen and oxygen atoms in total. The number of hydrogen-bond acceptors (Lipinski definition) is 4. The third kappa shape index (κ3) is 2.29. The molecule has 0 bridgehead atoms. The second-order valence-corrected chi connectivity index (χ2v) is 5.83. The quantitative estimate of drug-likeness (QED) is 0.584. The van der Waals surface area contributed by atoms with Crippen LogP contribution in [0.1, 0.15) is 10.4 Å². The summed E-state index contributed by atoms with van der Waals surface area (Å²) < 4.78 is 16.4. The van der Waals surface area contributed by atoms with Crippen LogP contribution in [0, 0.1) is 0 Å². The Hall–Kier alpha value is -3.47. The van der Waals surface area contributed by atoms with E-state index in [1.54, 1.807) is 18.2 Å². The summed E-state index contributed by atoms with van der Waals surface area (Å²) in [5.74, 6) is 1.04. The Kier molecular flexibility index (Phi) is 2.94. The third-order valence-corrected chi connectivity index (χ3v) is 4.27. The van der Waals surface area contributed by atoms with Gasteiger partial charge in [0.15, 0.2) is 11.5 Å². The number of carbonyl (C=O) groups excluding carboxylic acids is 1. The molecular formula is C20H13NO4. The molecule has 0 spiro atoms. The number of carbonyl (C=O) groups is 1. The van der Waals surface area contributed by atoms with Crippen molar-refractivity contribution in [1.82, 2.24) is 0 Å². The largest absolute Gasteiger partial charge is 0.456 e. The van der Waals surface area contributed by atoms with Crippen molar-refractivity contribution in [2.24, 2.45) is 0 Å². The maximum absolute atomic E-state index is 12.5. The van der Waals surface area contributed by atoms with Crippen LogP contribution >= 0.6 is 0 Å². The molecule has 2 heterocycles. The van der Waals surface area contributed by atoms with Crippen molar-refractivity contribution in [3.8, 4) is 11.5 Å². The highest BCUT2D eigenvalue weighted by Gasteiger charge is 2.16. The van der Waals surface area contributed by atoms with E-state index < -0.39 is 0 Å². The molecule has 0 atom stereocenters. The predicted molar refractivity (Wildman–Crippen MR) is 94.2 cm³/mol. The number of benzene rings is 3. The minimum absolute atomic E-state index is 0.185. The fourth-order valence-corrected chi connectivity index (χ4v) is 3.04. The van der Waals surface area contributed by atoms with Gasteiger partial charge < -0.3 is 19.2 Å². The Balaban J connectivity index is 1.49. The standard InChI is InChI=1S/C20H13NO4/c22-20(12-5-7-18-19(9-12)24-11-23-18)21-13-6-8-17-15(10-13)14-3-1-2-4-16(14)25-17/h1-10H,11H2,(H,21,22). The summed E-state index contributed by atoms with van der Waals surface area (Å²) in [4.78, 5) is 12.5. The first-order valence-electron chi connectivity index (χ1n) is 7.90. The van der Waals surface area contributed by atoms with E-state index in [9.17, 15) is 4.79 Å². The number of rotatable bonds is 2. The smallest absolute Gasteiger partial charge is 0.255 e. The molecule has 1 N–H and O–H groups in total. The van der Waals surface area contributed by atoms with Gasteiger partial charge in [0.05, 0.1) is 0 Å². The first-order valence-corrected chi connectivity index (χ1v) is 7.90. The average Bonchev–Trinajstić information content (AvgIpc) is 3.25. The van der Waals surface area contributed by atoms with Crippen LogP contribution in [0.4, 0.5) is 5.69 Å². The summed E-state index contributed by atoms with van der Waals surface area (Å²) in [6, 6.07) is 18.6. The van der Waals surface area contributed by atoms with E-state index in [1.165, 1.54) is 0 Å². The lowest BCUT2D eigenvalue weighted by molar-refractivity contribution is 0.102. The lowest BCUT2D eigenvalue weighted by Gasteiger charge is -2.06. The van der Waals surface area contributed by atoms with Gasteiger partial charge in [0.25, 0.3) is 5.91 Å². The second-order valence-electron chi connectivity index (χ2n) is 5.83. The molecule has 5 rings (SSSR count). The van der Waals surface area contributed by atoms with Crippen LogP contribution < -0.4 is 14.8 Å². The molecule has 3 aromatic carbocycles. The zero-order valence-corrected chi connectivity index (χ0v) is 13.1. The monoisotopic (exact) mass is 331 g/mol. The lowest BCUT2D eigenvalue weighted by Crippen LogP contribution is -2.11. The van der Waals surface area contributed by atoms with E-state index in [0.717, 1.165) is 21.9 Å². The van der Waals surface area contributed by atoms with Gasteiger partial charge >= 0.3 is 0 Å². The SMILES string of the molecule is O=C(Nc1ccc2oc3ccccc3c2c1)c1ccc2c(c1)OCO2. The number of hydrogen-bond donors (Lipinski definition) is 1. The van der Waals surface area contributed by atoms with E-state index in [1.807, 2.05) is 42.5 Å². The number of para-hydroxylation sites is 1. The molecule has 0 saturated heterocycles. The fourth-order valence-electron chi connectivity index (χ4n) is 3.04. The van der Waals surface area contributed by atoms with E-state index >= 15 is 0 Å². The molecule has 1 aliphatic rings. The van der Waals surface area contributed by atoms with E-state index in [0.29, 0.717) is 22.7 Å². The second kappa shape index (κ2) is 5.27. The molecule has 1 aromatic heterocycles. The summed E-state index contributed by atoms with van der Waals surface area (Å²) in [5, 5.41) is 4.92. The Labute approximate surface area is 142 Å². The highest BCUT2D eigenvalue weighted by Crippen LogP contribution is 2.33. The molecular weight excluding hydrogens is 318 g/mol. The Morgan fingerprint density at radius 2 is 1.68 bits per heavy atom. The van der Waals surface area contributed by atoms with Crippen molar-refractivity contribution in [3.63, 3.8) is 0 Å². The highest BCUT2D eigenvalue weighted by atomic mass is 16.7. The molecule has 122 valence electrons. The summed E-state index contributed by atoms with van der Waals surface area (Å²) in [6.45, 7) is 0.185. The van der Waals surface area contributed by atoms with Crippen LogP contribution in [-0.4, -0.2) is 12.7 Å². The van der Waals surface area contributed by atoms with Crippen LogP contribution in [0.2, 0.25) is 0 Å². The Morgan fingerprint density at radius 3 is 2.64 bits per heavy atom. The van der Waals surface area contributed by atoms with Crippen LogP contribution in [0.5, 0.6) is 11.5 Å². The summed E-state index contributed by atoms with van der Waals surface area (Å²) in [5.41, 5.74) is 2.85. The number of nitrogens with one attached hydrogen (secondary N) is 1. The average molecular weight is 331 g/mol. The Bertz CT molecular complexity index is 1130. The van der Waals surface area contributed by atoms with Gasteiger partial charge in [0, 0.05) is 22.0 Å². The van der Waals surface area contributed by atoms with Gasteiger partial charge in [0.2, 0.25) is 6.79 Å². The van der Waals surface area contributed by atoms with Gasteiger partial charge in [-0.1, -0.05) is 18.2 Å². The summed E-state index contributed by atoms with van der Waals surface area (Å²) in [6.07, 6.45) is 0. The molecule has 0 aliphatic carbocycles. The molecule has 0 radical (unpaired) electrons. The van der Waals surface area contributed by atoms with Crippen molar-refractivity contribution >= 4 is 33.5 Å². The van der Waals surface area contributed by atoms with Crippen LogP contribution in [0.15, 0.2) is 65.1 Å². The van der Waals surface area contributed by atoms with E-state index in [4.69, 9.17) is 13.9 Å². The van der Waals surface area contributed by atoms with E-state index in [2.05, 4.69) is 5.32 Å². The summed E-state index contributed by atoms with van der Waals surface area (Å²) >= 11 is 0. The molecule has 1 aliphatic heterocycles. The van der Waals surface area contributed by atoms with E-state index in [-0.39, 0.29) is 12.7 Å². The van der Waals surface area contributed by atoms with Crippen LogP contribution in [-0.2, 0) is 0 Å². The third-order valence-electron chi connectivity index (χ3n) is 4.27. The van der Waals surface area contributed by atoms with Crippen molar-refractivity contribution < 1.29 is 18.7 Å². The maximum Gasteiger partial charge on any atom is 0.255 e. The number of fused-ring (bicyclic) bond motifs is 4. The summed E-state index contributed by atoms with van der Waals surface area (Å²) in [7, 11) is 0. The number of furan rings is 1. The van der Waals surface area contributed by atoms with Gasteiger partial charge in [-0.05, 0) is 42.5 Å². The minimum atomic E-state index is -0.203. The maximum atomic E-state index is 12.5. The van der Waals surface area contributed by atoms with Crippen molar-refractivity contribution in [1.29, 1.82) is 0 Å². The first-order chi connectivity index (χ1) is 12.3. The van der Waals surface area contributed by atoms with Gasteiger partial charge in [-0.3, -0.25) is 4.79 Å². The van der Waals surface area contributed by atoms with Crippen LogP contribution in [0.25, 0.3) is 21.9 Å². The fraction of sp³-hybridized carbons (Fsp3) is 0.0500. The van der Waals surface area contributed by atoms with Crippen LogP contribution in [0.3, 0.4) is 0 Å².